The Hall–Kier alpha value is -1.58. The van der Waals surface area contributed by atoms with E-state index in [1.165, 1.54) is 5.56 Å². The Bertz CT molecular complexity index is 473. The summed E-state index contributed by atoms with van der Waals surface area (Å²) in [5, 5.41) is 12.7. The molecule has 1 aromatic heterocycles. The van der Waals surface area contributed by atoms with E-state index in [0.717, 1.165) is 11.3 Å². The number of rotatable bonds is 4. The first kappa shape index (κ1) is 11.9. The van der Waals surface area contributed by atoms with Crippen LogP contribution < -0.4 is 5.32 Å². The van der Waals surface area contributed by atoms with Gasteiger partial charge < -0.3 is 14.8 Å². The molecule has 0 amide bonds. The molecule has 0 aliphatic carbocycles. The average molecular weight is 231 g/mol. The molecule has 3 nitrogen and oxygen atoms in total. The van der Waals surface area contributed by atoms with Crippen LogP contribution in [-0.2, 0) is 0 Å². The number of furan rings is 1. The summed E-state index contributed by atoms with van der Waals surface area (Å²) in [7, 11) is 1.80. The Morgan fingerprint density at radius 3 is 2.53 bits per heavy atom. The van der Waals surface area contributed by atoms with E-state index >= 15 is 0 Å². The largest absolute Gasteiger partial charge is 0.458 e. The summed E-state index contributed by atoms with van der Waals surface area (Å²) >= 11 is 0. The van der Waals surface area contributed by atoms with Crippen LogP contribution >= 0.6 is 0 Å². The molecule has 1 heterocycles. The van der Waals surface area contributed by atoms with E-state index in [-0.39, 0.29) is 0 Å². The van der Waals surface area contributed by atoms with Gasteiger partial charge in [0.2, 0.25) is 0 Å². The first-order chi connectivity index (χ1) is 8.20. The predicted octanol–water partition coefficient (Wildman–Crippen LogP) is 2.51. The second-order valence-corrected chi connectivity index (χ2v) is 4.14. The zero-order valence-electron chi connectivity index (χ0n) is 10.1. The number of hydrogen-bond acceptors (Lipinski definition) is 3. The normalized spacial score (nSPS) is 12.6. The van der Waals surface area contributed by atoms with Crippen molar-refractivity contribution in [2.24, 2.45) is 0 Å². The lowest BCUT2D eigenvalue weighted by atomic mass is 10.1. The third kappa shape index (κ3) is 2.75. The molecule has 0 saturated carbocycles. The lowest BCUT2D eigenvalue weighted by Crippen LogP contribution is -2.16. The second-order valence-electron chi connectivity index (χ2n) is 4.14. The summed E-state index contributed by atoms with van der Waals surface area (Å²) in [6.07, 6.45) is -0.598. The number of hydrogen-bond donors (Lipinski definition) is 2. The summed E-state index contributed by atoms with van der Waals surface area (Å²) in [4.78, 5) is 0. The number of nitrogens with one attached hydrogen (secondary N) is 1. The van der Waals surface area contributed by atoms with Gasteiger partial charge in [0.05, 0.1) is 0 Å². The lowest BCUT2D eigenvalue weighted by Gasteiger charge is -2.05. The summed E-state index contributed by atoms with van der Waals surface area (Å²) in [6.45, 7) is 2.54. The Balaban J connectivity index is 2.20. The Labute approximate surface area is 101 Å². The minimum atomic E-state index is -0.598. The molecule has 0 spiro atoms. The van der Waals surface area contributed by atoms with Gasteiger partial charge in [-0.1, -0.05) is 29.8 Å². The van der Waals surface area contributed by atoms with Crippen LogP contribution in [0.25, 0.3) is 11.3 Å². The summed E-state index contributed by atoms with van der Waals surface area (Å²) in [5.74, 6) is 1.38. The van der Waals surface area contributed by atoms with Gasteiger partial charge in [0.25, 0.3) is 0 Å². The zero-order valence-corrected chi connectivity index (χ0v) is 10.1. The van der Waals surface area contributed by atoms with Crippen molar-refractivity contribution >= 4 is 0 Å². The monoisotopic (exact) mass is 231 g/mol. The molecule has 1 unspecified atom stereocenters. The molecule has 1 atom stereocenters. The maximum Gasteiger partial charge on any atom is 0.134 e. The fourth-order valence-electron chi connectivity index (χ4n) is 1.70. The molecule has 17 heavy (non-hydrogen) atoms. The van der Waals surface area contributed by atoms with Crippen molar-refractivity contribution in [2.45, 2.75) is 13.0 Å². The van der Waals surface area contributed by atoms with Crippen LogP contribution in [0.4, 0.5) is 0 Å². The fraction of sp³-hybridized carbons (Fsp3) is 0.286. The Morgan fingerprint density at radius 2 is 1.88 bits per heavy atom. The van der Waals surface area contributed by atoms with Crippen LogP contribution in [0.5, 0.6) is 0 Å². The zero-order chi connectivity index (χ0) is 12.3. The van der Waals surface area contributed by atoms with Gasteiger partial charge >= 0.3 is 0 Å². The average Bonchev–Trinajstić information content (AvgIpc) is 2.80. The third-order valence-corrected chi connectivity index (χ3v) is 2.69. The highest BCUT2D eigenvalue weighted by Gasteiger charge is 2.12. The lowest BCUT2D eigenvalue weighted by molar-refractivity contribution is 0.151. The first-order valence-corrected chi connectivity index (χ1v) is 5.70. The number of aryl methyl sites for hydroxylation is 1. The molecule has 2 aromatic rings. The van der Waals surface area contributed by atoms with Crippen molar-refractivity contribution in [1.29, 1.82) is 0 Å². The third-order valence-electron chi connectivity index (χ3n) is 2.69. The maximum atomic E-state index is 9.77. The van der Waals surface area contributed by atoms with Gasteiger partial charge in [0.15, 0.2) is 0 Å². The van der Waals surface area contributed by atoms with E-state index in [4.69, 9.17) is 4.42 Å². The number of aliphatic hydroxyl groups is 1. The van der Waals surface area contributed by atoms with Crippen LogP contribution in [0.3, 0.4) is 0 Å². The van der Waals surface area contributed by atoms with Crippen LogP contribution in [-0.4, -0.2) is 18.7 Å². The van der Waals surface area contributed by atoms with Gasteiger partial charge in [-0.25, -0.2) is 0 Å². The highest BCUT2D eigenvalue weighted by Crippen LogP contribution is 2.25. The molecule has 0 saturated heterocycles. The van der Waals surface area contributed by atoms with Crippen LogP contribution in [0.1, 0.15) is 17.4 Å². The van der Waals surface area contributed by atoms with E-state index in [9.17, 15) is 5.11 Å². The highest BCUT2D eigenvalue weighted by molar-refractivity contribution is 5.57. The quantitative estimate of drug-likeness (QED) is 0.849. The number of likely N-dealkylation sites (N-methyl/N-ethyl adjacent to an activating group) is 1. The molecular weight excluding hydrogens is 214 g/mol. The standard InChI is InChI=1S/C14H17NO2/c1-10-3-5-11(6-4-10)13-7-8-14(17-13)12(16)9-15-2/h3-8,12,15-16H,9H2,1-2H3. The molecule has 0 radical (unpaired) electrons. The van der Waals surface area contributed by atoms with Gasteiger partial charge in [-0.3, -0.25) is 0 Å². The van der Waals surface area contributed by atoms with Gasteiger partial charge in [-0.15, -0.1) is 0 Å². The highest BCUT2D eigenvalue weighted by atomic mass is 16.4. The molecular formula is C14H17NO2. The van der Waals surface area contributed by atoms with E-state index < -0.39 is 6.10 Å². The van der Waals surface area contributed by atoms with Crippen molar-refractivity contribution < 1.29 is 9.52 Å². The first-order valence-electron chi connectivity index (χ1n) is 5.70. The summed E-state index contributed by atoms with van der Waals surface area (Å²) in [6, 6.07) is 11.8. The minimum absolute atomic E-state index is 0.487. The Morgan fingerprint density at radius 1 is 1.18 bits per heavy atom. The van der Waals surface area contributed by atoms with E-state index in [1.54, 1.807) is 7.05 Å². The van der Waals surface area contributed by atoms with Gasteiger partial charge in [0.1, 0.15) is 17.6 Å². The smallest absolute Gasteiger partial charge is 0.134 e. The van der Waals surface area contributed by atoms with E-state index in [0.29, 0.717) is 12.3 Å². The SMILES string of the molecule is CNCC(O)c1ccc(-c2ccc(C)cc2)o1. The summed E-state index contributed by atoms with van der Waals surface area (Å²) in [5.41, 5.74) is 2.24. The molecule has 2 rings (SSSR count). The molecule has 0 bridgehead atoms. The number of benzene rings is 1. The van der Waals surface area contributed by atoms with Crippen LogP contribution in [0.15, 0.2) is 40.8 Å². The summed E-state index contributed by atoms with van der Waals surface area (Å²) < 4.78 is 5.63. The van der Waals surface area contributed by atoms with E-state index in [1.807, 2.05) is 43.3 Å². The Kier molecular flexibility index (Phi) is 3.61. The van der Waals surface area contributed by atoms with Gasteiger partial charge in [-0.2, -0.15) is 0 Å². The van der Waals surface area contributed by atoms with Crippen molar-refractivity contribution in [3.8, 4) is 11.3 Å². The van der Waals surface area contributed by atoms with Gasteiger partial charge in [-0.05, 0) is 26.1 Å². The van der Waals surface area contributed by atoms with Gasteiger partial charge in [0, 0.05) is 12.1 Å². The number of aliphatic hydroxyl groups excluding tert-OH is 1. The van der Waals surface area contributed by atoms with Crippen molar-refractivity contribution in [3.63, 3.8) is 0 Å². The fourth-order valence-corrected chi connectivity index (χ4v) is 1.70. The van der Waals surface area contributed by atoms with Crippen LogP contribution in [0.2, 0.25) is 0 Å². The van der Waals surface area contributed by atoms with Crippen molar-refractivity contribution in [1.82, 2.24) is 5.32 Å². The molecule has 90 valence electrons. The topological polar surface area (TPSA) is 45.4 Å². The maximum absolute atomic E-state index is 9.77. The molecule has 0 aliphatic heterocycles. The van der Waals surface area contributed by atoms with Crippen molar-refractivity contribution in [3.05, 3.63) is 47.7 Å². The van der Waals surface area contributed by atoms with Crippen molar-refractivity contribution in [2.75, 3.05) is 13.6 Å². The van der Waals surface area contributed by atoms with E-state index in [2.05, 4.69) is 5.32 Å². The molecule has 0 aliphatic rings. The molecule has 0 fully saturated rings. The van der Waals surface area contributed by atoms with Crippen LogP contribution in [0, 0.1) is 6.92 Å². The minimum Gasteiger partial charge on any atom is -0.458 e. The predicted molar refractivity (Wildman–Crippen MR) is 67.8 cm³/mol. The molecule has 2 N–H and O–H groups in total. The molecule has 3 heteroatoms. The second kappa shape index (κ2) is 5.17. The molecule has 1 aromatic carbocycles.